The average Bonchev–Trinajstić information content (AvgIpc) is 2.64. The van der Waals surface area contributed by atoms with Crippen LogP contribution in [0.15, 0.2) is 23.7 Å². The van der Waals surface area contributed by atoms with Crippen molar-refractivity contribution in [2.24, 2.45) is 5.73 Å². The van der Waals surface area contributed by atoms with Gasteiger partial charge in [0, 0.05) is 5.69 Å². The third kappa shape index (κ3) is 1.73. The molecule has 1 aromatic carbocycles. The van der Waals surface area contributed by atoms with Crippen molar-refractivity contribution < 1.29 is 4.79 Å². The van der Waals surface area contributed by atoms with E-state index in [4.69, 9.17) is 5.73 Å². The number of amides is 1. The number of hydrogen-bond donors (Lipinski definition) is 2. The van der Waals surface area contributed by atoms with E-state index in [1.807, 2.05) is 18.2 Å². The van der Waals surface area contributed by atoms with Gasteiger partial charge in [0.2, 0.25) is 5.91 Å². The van der Waals surface area contributed by atoms with Crippen molar-refractivity contribution in [3.63, 3.8) is 0 Å². The van der Waals surface area contributed by atoms with Gasteiger partial charge in [-0.15, -0.1) is 11.3 Å². The van der Waals surface area contributed by atoms with Gasteiger partial charge in [0.15, 0.2) is 0 Å². The van der Waals surface area contributed by atoms with Crippen LogP contribution in [0.25, 0.3) is 10.2 Å². The minimum Gasteiger partial charge on any atom is -0.325 e. The van der Waals surface area contributed by atoms with Gasteiger partial charge in [-0.25, -0.2) is 4.98 Å². The number of nitrogens with one attached hydrogen (secondary N) is 1. The number of aromatic nitrogens is 1. The van der Waals surface area contributed by atoms with E-state index in [-0.39, 0.29) is 12.5 Å². The minimum atomic E-state index is -0.195. The first-order valence-electron chi connectivity index (χ1n) is 4.13. The van der Waals surface area contributed by atoms with Crippen molar-refractivity contribution >= 4 is 33.1 Å². The maximum atomic E-state index is 11.0. The molecular weight excluding hydrogens is 198 g/mol. The van der Waals surface area contributed by atoms with Crippen molar-refractivity contribution in [1.29, 1.82) is 0 Å². The maximum Gasteiger partial charge on any atom is 0.238 e. The van der Waals surface area contributed by atoms with Gasteiger partial charge in [-0.05, 0) is 18.2 Å². The Morgan fingerprint density at radius 2 is 2.43 bits per heavy atom. The molecule has 1 aromatic heterocycles. The number of nitrogens with zero attached hydrogens (tertiary/aromatic N) is 1. The highest BCUT2D eigenvalue weighted by Gasteiger charge is 2.01. The summed E-state index contributed by atoms with van der Waals surface area (Å²) in [5, 5.41) is 2.67. The van der Waals surface area contributed by atoms with Crippen LogP contribution in [0.1, 0.15) is 0 Å². The van der Waals surface area contributed by atoms with Crippen LogP contribution in [0.5, 0.6) is 0 Å². The largest absolute Gasteiger partial charge is 0.325 e. The molecule has 0 saturated heterocycles. The smallest absolute Gasteiger partial charge is 0.238 e. The Morgan fingerprint density at radius 3 is 3.21 bits per heavy atom. The number of fused-ring (bicyclic) bond motifs is 1. The number of thiazole rings is 1. The lowest BCUT2D eigenvalue weighted by molar-refractivity contribution is -0.114. The van der Waals surface area contributed by atoms with Crippen molar-refractivity contribution in [1.82, 2.24) is 4.98 Å². The Balaban J connectivity index is 2.30. The second-order valence-electron chi connectivity index (χ2n) is 2.79. The number of anilines is 1. The molecule has 4 nitrogen and oxygen atoms in total. The summed E-state index contributed by atoms with van der Waals surface area (Å²) < 4.78 is 1.11. The lowest BCUT2D eigenvalue weighted by atomic mass is 10.3. The Hall–Kier alpha value is -1.46. The van der Waals surface area contributed by atoms with Crippen LogP contribution in [0.4, 0.5) is 5.69 Å². The summed E-state index contributed by atoms with van der Waals surface area (Å²) in [4.78, 5) is 15.2. The molecule has 2 rings (SSSR count). The summed E-state index contributed by atoms with van der Waals surface area (Å²) >= 11 is 1.57. The van der Waals surface area contributed by atoms with Crippen molar-refractivity contribution in [2.75, 3.05) is 11.9 Å². The number of hydrogen-bond acceptors (Lipinski definition) is 4. The fraction of sp³-hybridized carbons (Fsp3) is 0.111. The molecule has 0 aliphatic carbocycles. The lowest BCUT2D eigenvalue weighted by Crippen LogP contribution is -2.21. The summed E-state index contributed by atoms with van der Waals surface area (Å²) in [5.74, 6) is -0.195. The highest BCUT2D eigenvalue weighted by Crippen LogP contribution is 2.21. The average molecular weight is 207 g/mol. The van der Waals surface area contributed by atoms with E-state index >= 15 is 0 Å². The first-order valence-corrected chi connectivity index (χ1v) is 5.01. The molecule has 0 aliphatic heterocycles. The van der Waals surface area contributed by atoms with E-state index in [0.717, 1.165) is 15.9 Å². The monoisotopic (exact) mass is 207 g/mol. The van der Waals surface area contributed by atoms with Crippen LogP contribution >= 0.6 is 11.3 Å². The van der Waals surface area contributed by atoms with E-state index in [1.54, 1.807) is 16.8 Å². The molecule has 5 heteroatoms. The standard InChI is InChI=1S/C9H9N3OS/c10-4-9(13)12-6-1-2-8-7(3-6)11-5-14-8/h1-3,5H,4,10H2,(H,12,13). The number of carbonyl (C=O) groups excluding carboxylic acids is 1. The Bertz CT molecular complexity index is 466. The third-order valence-electron chi connectivity index (χ3n) is 1.80. The molecule has 0 spiro atoms. The number of benzene rings is 1. The Kier molecular flexibility index (Phi) is 2.43. The van der Waals surface area contributed by atoms with E-state index in [0.29, 0.717) is 0 Å². The molecule has 1 amide bonds. The molecule has 0 aliphatic rings. The molecule has 3 N–H and O–H groups in total. The Labute approximate surface area is 84.8 Å². The summed E-state index contributed by atoms with van der Waals surface area (Å²) in [5.41, 5.74) is 8.59. The topological polar surface area (TPSA) is 68.0 Å². The molecular formula is C9H9N3OS. The molecule has 0 radical (unpaired) electrons. The van der Waals surface area contributed by atoms with Gasteiger partial charge in [0.1, 0.15) is 0 Å². The normalized spacial score (nSPS) is 10.4. The molecule has 72 valence electrons. The summed E-state index contributed by atoms with van der Waals surface area (Å²) in [6.07, 6.45) is 0. The van der Waals surface area contributed by atoms with Crippen LogP contribution in [0, 0.1) is 0 Å². The third-order valence-corrected chi connectivity index (χ3v) is 2.61. The van der Waals surface area contributed by atoms with Crippen LogP contribution in [-0.2, 0) is 4.79 Å². The fourth-order valence-corrected chi connectivity index (χ4v) is 1.81. The lowest BCUT2D eigenvalue weighted by Gasteiger charge is -2.02. The van der Waals surface area contributed by atoms with Gasteiger partial charge in [0.25, 0.3) is 0 Å². The van der Waals surface area contributed by atoms with E-state index in [1.165, 1.54) is 0 Å². The van der Waals surface area contributed by atoms with Gasteiger partial charge >= 0.3 is 0 Å². The van der Waals surface area contributed by atoms with Crippen LogP contribution in [-0.4, -0.2) is 17.4 Å². The molecule has 0 fully saturated rings. The second-order valence-corrected chi connectivity index (χ2v) is 3.67. The summed E-state index contributed by atoms with van der Waals surface area (Å²) in [6, 6.07) is 5.60. The molecule has 0 saturated carbocycles. The number of nitrogens with two attached hydrogens (primary N) is 1. The fourth-order valence-electron chi connectivity index (χ4n) is 1.15. The zero-order valence-corrected chi connectivity index (χ0v) is 8.17. The van der Waals surface area contributed by atoms with E-state index in [9.17, 15) is 4.79 Å². The van der Waals surface area contributed by atoms with Gasteiger partial charge in [-0.3, -0.25) is 4.79 Å². The predicted octanol–water partition coefficient (Wildman–Crippen LogP) is 1.19. The SMILES string of the molecule is NCC(=O)Nc1ccc2scnc2c1. The predicted molar refractivity (Wildman–Crippen MR) is 57.3 cm³/mol. The van der Waals surface area contributed by atoms with Crippen LogP contribution < -0.4 is 11.1 Å². The molecule has 2 aromatic rings. The molecule has 0 unspecified atom stereocenters. The zero-order valence-electron chi connectivity index (χ0n) is 7.36. The first-order chi connectivity index (χ1) is 6.79. The molecule has 0 bridgehead atoms. The summed E-state index contributed by atoms with van der Waals surface area (Å²) in [6.45, 7) is -0.00486. The quantitative estimate of drug-likeness (QED) is 0.777. The van der Waals surface area contributed by atoms with Crippen molar-refractivity contribution in [3.05, 3.63) is 23.7 Å². The zero-order chi connectivity index (χ0) is 9.97. The van der Waals surface area contributed by atoms with Gasteiger partial charge < -0.3 is 11.1 Å². The van der Waals surface area contributed by atoms with Crippen molar-refractivity contribution in [2.45, 2.75) is 0 Å². The van der Waals surface area contributed by atoms with Crippen LogP contribution in [0.3, 0.4) is 0 Å². The van der Waals surface area contributed by atoms with Gasteiger partial charge in [-0.1, -0.05) is 0 Å². The maximum absolute atomic E-state index is 11.0. The molecule has 0 atom stereocenters. The Morgan fingerprint density at radius 1 is 1.57 bits per heavy atom. The molecule has 14 heavy (non-hydrogen) atoms. The number of rotatable bonds is 2. The second kappa shape index (κ2) is 3.73. The first kappa shape index (κ1) is 9.11. The van der Waals surface area contributed by atoms with Crippen molar-refractivity contribution in [3.8, 4) is 0 Å². The highest BCUT2D eigenvalue weighted by molar-refractivity contribution is 7.16. The summed E-state index contributed by atoms with van der Waals surface area (Å²) in [7, 11) is 0. The molecule has 1 heterocycles. The van der Waals surface area contributed by atoms with E-state index < -0.39 is 0 Å². The van der Waals surface area contributed by atoms with Gasteiger partial charge in [0.05, 0.1) is 22.3 Å². The number of carbonyl (C=O) groups is 1. The van der Waals surface area contributed by atoms with Crippen LogP contribution in [0.2, 0.25) is 0 Å². The van der Waals surface area contributed by atoms with E-state index in [2.05, 4.69) is 10.3 Å². The minimum absolute atomic E-state index is 0.00486. The van der Waals surface area contributed by atoms with Gasteiger partial charge in [-0.2, -0.15) is 0 Å². The highest BCUT2D eigenvalue weighted by atomic mass is 32.1.